The van der Waals surface area contributed by atoms with E-state index >= 15 is 0 Å². The minimum absolute atomic E-state index is 0.248. The average molecular weight is 399 g/mol. The van der Waals surface area contributed by atoms with Crippen LogP contribution in [0.1, 0.15) is 0 Å². The molecule has 0 bridgehead atoms. The summed E-state index contributed by atoms with van der Waals surface area (Å²) in [6.45, 7) is 1.81. The van der Waals surface area contributed by atoms with Crippen molar-refractivity contribution in [3.05, 3.63) is 73.1 Å². The zero-order valence-electron chi connectivity index (χ0n) is 16.9. The molecule has 6 heteroatoms. The van der Waals surface area contributed by atoms with Gasteiger partial charge in [-0.05, 0) is 73.8 Å². The maximum atomic E-state index is 13.5. The summed E-state index contributed by atoms with van der Waals surface area (Å²) in [6.07, 6.45) is 5.49. The van der Waals surface area contributed by atoms with Crippen molar-refractivity contribution in [2.75, 3.05) is 20.6 Å². The summed E-state index contributed by atoms with van der Waals surface area (Å²) in [4.78, 5) is 14.7. The van der Waals surface area contributed by atoms with Crippen LogP contribution in [0.5, 0.6) is 0 Å². The molecule has 1 N–H and O–H groups in total. The number of pyridine rings is 1. The molecule has 0 spiro atoms. The Labute approximate surface area is 173 Å². The quantitative estimate of drug-likeness (QED) is 0.455. The van der Waals surface area contributed by atoms with E-state index < -0.39 is 0 Å². The fraction of sp³-hybridized carbons (Fsp3) is 0.167. The third-order valence-electron chi connectivity index (χ3n) is 5.44. The van der Waals surface area contributed by atoms with Crippen LogP contribution >= 0.6 is 0 Å². The van der Waals surface area contributed by atoms with E-state index in [9.17, 15) is 4.39 Å². The second-order valence-electron chi connectivity index (χ2n) is 7.71. The lowest BCUT2D eigenvalue weighted by Gasteiger charge is -2.10. The van der Waals surface area contributed by atoms with Gasteiger partial charge in [0.05, 0.1) is 23.1 Å². The van der Waals surface area contributed by atoms with Gasteiger partial charge in [-0.25, -0.2) is 9.37 Å². The average Bonchev–Trinajstić information content (AvgIpc) is 3.34. The van der Waals surface area contributed by atoms with E-state index in [-0.39, 0.29) is 5.82 Å². The Balaban J connectivity index is 1.79. The second kappa shape index (κ2) is 7.39. The molecule has 0 amide bonds. The van der Waals surface area contributed by atoms with E-state index in [1.807, 2.05) is 18.5 Å². The van der Waals surface area contributed by atoms with Gasteiger partial charge < -0.3 is 14.5 Å². The molecular formula is C24H22FN5. The number of aromatic nitrogens is 4. The van der Waals surface area contributed by atoms with Crippen LogP contribution in [0, 0.1) is 5.82 Å². The van der Waals surface area contributed by atoms with Crippen LogP contribution in [0.2, 0.25) is 0 Å². The van der Waals surface area contributed by atoms with Gasteiger partial charge in [-0.1, -0.05) is 0 Å². The Morgan fingerprint density at radius 3 is 2.47 bits per heavy atom. The molecule has 0 aliphatic carbocycles. The summed E-state index contributed by atoms with van der Waals surface area (Å²) < 4.78 is 15.7. The molecule has 5 rings (SSSR count). The molecule has 0 aliphatic heterocycles. The first kappa shape index (κ1) is 18.5. The third kappa shape index (κ3) is 3.15. The van der Waals surface area contributed by atoms with E-state index in [0.29, 0.717) is 0 Å². The number of imidazole rings is 1. The Hall–Kier alpha value is -3.51. The fourth-order valence-corrected chi connectivity index (χ4v) is 3.94. The lowest BCUT2D eigenvalue weighted by Crippen LogP contribution is -2.17. The number of benzene rings is 2. The number of hydrogen-bond acceptors (Lipinski definition) is 3. The molecule has 3 aromatic heterocycles. The monoisotopic (exact) mass is 399 g/mol. The number of nitrogens with one attached hydrogen (secondary N) is 1. The van der Waals surface area contributed by atoms with Crippen LogP contribution in [0.15, 0.2) is 67.3 Å². The lowest BCUT2D eigenvalue weighted by atomic mass is 9.98. The maximum absolute atomic E-state index is 13.5. The topological polar surface area (TPSA) is 49.7 Å². The minimum atomic E-state index is -0.248. The second-order valence-corrected chi connectivity index (χ2v) is 7.71. The van der Waals surface area contributed by atoms with Crippen molar-refractivity contribution in [2.45, 2.75) is 6.54 Å². The molecule has 0 unspecified atom stereocenters. The van der Waals surface area contributed by atoms with Gasteiger partial charge in [-0.2, -0.15) is 0 Å². The van der Waals surface area contributed by atoms with Crippen LogP contribution < -0.4 is 0 Å². The molecule has 3 heterocycles. The number of nitrogens with zero attached hydrogens (tertiary/aromatic N) is 4. The standard InChI is InChI=1S/C24H22FN5/c1-29(2)13-14-30-15-27-24-20(30)8-7-19-22(24)21(16-9-11-26-12-10-16)23(28-19)17-3-5-18(25)6-4-17/h3-12,15,28H,13-14H2,1-2H3. The van der Waals surface area contributed by atoms with Crippen molar-refractivity contribution in [1.82, 2.24) is 24.4 Å². The molecule has 0 fully saturated rings. The van der Waals surface area contributed by atoms with Crippen LogP contribution in [-0.4, -0.2) is 45.1 Å². The Morgan fingerprint density at radius 2 is 1.73 bits per heavy atom. The highest BCUT2D eigenvalue weighted by molar-refractivity contribution is 6.15. The van der Waals surface area contributed by atoms with E-state index in [2.05, 4.69) is 45.7 Å². The summed E-state index contributed by atoms with van der Waals surface area (Å²) in [5.74, 6) is -0.248. The molecule has 0 radical (unpaired) electrons. The van der Waals surface area contributed by atoms with Gasteiger partial charge in [0.2, 0.25) is 0 Å². The fourth-order valence-electron chi connectivity index (χ4n) is 3.94. The van der Waals surface area contributed by atoms with Gasteiger partial charge in [-0.15, -0.1) is 0 Å². The zero-order valence-corrected chi connectivity index (χ0v) is 16.9. The molecule has 0 atom stereocenters. The van der Waals surface area contributed by atoms with Crippen LogP contribution in [0.25, 0.3) is 44.3 Å². The van der Waals surface area contributed by atoms with Crippen molar-refractivity contribution in [3.63, 3.8) is 0 Å². The first-order chi connectivity index (χ1) is 14.6. The molecule has 30 heavy (non-hydrogen) atoms. The number of H-pyrrole nitrogens is 1. The van der Waals surface area contributed by atoms with E-state index in [1.54, 1.807) is 24.5 Å². The molecule has 5 nitrogen and oxygen atoms in total. The van der Waals surface area contributed by atoms with E-state index in [0.717, 1.165) is 57.4 Å². The molecule has 5 aromatic rings. The van der Waals surface area contributed by atoms with Crippen molar-refractivity contribution in [1.29, 1.82) is 0 Å². The Kier molecular flexibility index (Phi) is 4.56. The zero-order chi connectivity index (χ0) is 20.7. The molecule has 0 aliphatic rings. The van der Waals surface area contributed by atoms with Gasteiger partial charge >= 0.3 is 0 Å². The highest BCUT2D eigenvalue weighted by Gasteiger charge is 2.19. The largest absolute Gasteiger partial charge is 0.354 e. The number of halogens is 1. The Bertz CT molecular complexity index is 1320. The summed E-state index contributed by atoms with van der Waals surface area (Å²) in [5, 5.41) is 1.07. The number of likely N-dealkylation sites (N-methyl/N-ethyl adjacent to an activating group) is 1. The molecule has 0 saturated carbocycles. The predicted octanol–water partition coefficient (Wildman–Crippen LogP) is 4.95. The SMILES string of the molecule is CN(C)CCn1cnc2c3c(-c4ccncc4)c(-c4ccc(F)cc4)[nH]c3ccc21. The molecule has 150 valence electrons. The van der Waals surface area contributed by atoms with Crippen LogP contribution in [0.4, 0.5) is 4.39 Å². The highest BCUT2D eigenvalue weighted by atomic mass is 19.1. The third-order valence-corrected chi connectivity index (χ3v) is 5.44. The smallest absolute Gasteiger partial charge is 0.123 e. The summed E-state index contributed by atoms with van der Waals surface area (Å²) in [5.41, 5.74) is 7.05. The first-order valence-electron chi connectivity index (χ1n) is 9.92. The van der Waals surface area contributed by atoms with Crippen molar-refractivity contribution in [3.8, 4) is 22.4 Å². The normalized spacial score (nSPS) is 11.7. The van der Waals surface area contributed by atoms with Crippen molar-refractivity contribution in [2.24, 2.45) is 0 Å². The number of rotatable bonds is 5. The molecular weight excluding hydrogens is 377 g/mol. The minimum Gasteiger partial charge on any atom is -0.354 e. The Morgan fingerprint density at radius 1 is 0.967 bits per heavy atom. The maximum Gasteiger partial charge on any atom is 0.123 e. The molecule has 0 saturated heterocycles. The summed E-state index contributed by atoms with van der Waals surface area (Å²) in [7, 11) is 4.14. The number of hydrogen-bond donors (Lipinski definition) is 1. The van der Waals surface area contributed by atoms with Gasteiger partial charge in [-0.3, -0.25) is 4.98 Å². The van der Waals surface area contributed by atoms with Gasteiger partial charge in [0.15, 0.2) is 0 Å². The van der Waals surface area contributed by atoms with Crippen molar-refractivity contribution >= 4 is 21.9 Å². The van der Waals surface area contributed by atoms with E-state index in [4.69, 9.17) is 4.98 Å². The van der Waals surface area contributed by atoms with Gasteiger partial charge in [0.1, 0.15) is 5.82 Å². The first-order valence-corrected chi connectivity index (χ1v) is 9.92. The predicted molar refractivity (Wildman–Crippen MR) is 119 cm³/mol. The lowest BCUT2D eigenvalue weighted by molar-refractivity contribution is 0.386. The summed E-state index contributed by atoms with van der Waals surface area (Å²) >= 11 is 0. The van der Waals surface area contributed by atoms with E-state index in [1.165, 1.54) is 12.1 Å². The van der Waals surface area contributed by atoms with Gasteiger partial charge in [0, 0.05) is 41.9 Å². The van der Waals surface area contributed by atoms with Crippen LogP contribution in [-0.2, 0) is 6.54 Å². The number of aromatic amines is 1. The van der Waals surface area contributed by atoms with Gasteiger partial charge in [0.25, 0.3) is 0 Å². The molecule has 2 aromatic carbocycles. The van der Waals surface area contributed by atoms with Crippen molar-refractivity contribution < 1.29 is 4.39 Å². The highest BCUT2D eigenvalue weighted by Crippen LogP contribution is 2.41. The van der Waals surface area contributed by atoms with Crippen LogP contribution in [0.3, 0.4) is 0 Å². The number of fused-ring (bicyclic) bond motifs is 3. The summed E-state index contributed by atoms with van der Waals surface area (Å²) in [6, 6.07) is 14.8.